The molecule has 1 aromatic carbocycles. The lowest BCUT2D eigenvalue weighted by Crippen LogP contribution is -2.28. The number of aryl methyl sites for hydroxylation is 2. The summed E-state index contributed by atoms with van der Waals surface area (Å²) in [4.78, 5) is 15.6. The maximum Gasteiger partial charge on any atom is 0.315 e. The lowest BCUT2D eigenvalue weighted by Gasteiger charge is -2.15. The summed E-state index contributed by atoms with van der Waals surface area (Å²) in [6.45, 7) is 7.40. The molecule has 0 saturated carbocycles. The summed E-state index contributed by atoms with van der Waals surface area (Å²) in [5, 5.41) is 14.9. The van der Waals surface area contributed by atoms with Crippen LogP contribution in [0.5, 0.6) is 0 Å². The van der Waals surface area contributed by atoms with Crippen LogP contribution >= 0.6 is 11.3 Å². The maximum atomic E-state index is 11.2. The average Bonchev–Trinajstić information content (AvgIpc) is 2.76. The Balaban J connectivity index is 2.24. The number of hydrogen-bond acceptors (Lipinski definition) is 4. The summed E-state index contributed by atoms with van der Waals surface area (Å²) in [5.41, 5.74) is 2.92. The van der Waals surface area contributed by atoms with E-state index in [1.807, 2.05) is 26.0 Å². The Morgan fingerprint density at radius 3 is 2.40 bits per heavy atom. The van der Waals surface area contributed by atoms with Crippen molar-refractivity contribution in [1.82, 2.24) is 4.98 Å². The van der Waals surface area contributed by atoms with Gasteiger partial charge in [-0.3, -0.25) is 4.79 Å². The molecule has 0 aliphatic carbocycles. The standard InChI is InChI=1S/C15H18N2O2S/c1-9-5-10(2)7-11(6-9)16-14-17-12(8-20-14)15(3,4)13(18)19/h5-8H,1-4H3,(H,16,17)(H,18,19). The molecule has 0 aliphatic heterocycles. The van der Waals surface area contributed by atoms with E-state index < -0.39 is 11.4 Å². The van der Waals surface area contributed by atoms with Gasteiger partial charge in [-0.2, -0.15) is 0 Å². The van der Waals surface area contributed by atoms with Crippen molar-refractivity contribution in [3.8, 4) is 0 Å². The molecule has 0 saturated heterocycles. The number of hydrogen-bond donors (Lipinski definition) is 2. The number of anilines is 2. The molecule has 4 nitrogen and oxygen atoms in total. The van der Waals surface area contributed by atoms with Gasteiger partial charge in [-0.15, -0.1) is 11.3 Å². The molecule has 0 fully saturated rings. The summed E-state index contributed by atoms with van der Waals surface area (Å²) in [7, 11) is 0. The number of benzene rings is 1. The number of aromatic nitrogens is 1. The average molecular weight is 290 g/mol. The second-order valence-corrected chi connectivity index (χ2v) is 6.33. The van der Waals surface area contributed by atoms with Crippen LogP contribution in [0.15, 0.2) is 23.6 Å². The lowest BCUT2D eigenvalue weighted by molar-refractivity contribution is -0.142. The molecule has 0 spiro atoms. The van der Waals surface area contributed by atoms with Crippen LogP contribution in [0.4, 0.5) is 10.8 Å². The van der Waals surface area contributed by atoms with Crippen molar-refractivity contribution < 1.29 is 9.90 Å². The number of carbonyl (C=O) groups is 1. The van der Waals surface area contributed by atoms with Gasteiger partial charge in [0.1, 0.15) is 5.41 Å². The predicted molar refractivity (Wildman–Crippen MR) is 82.0 cm³/mol. The highest BCUT2D eigenvalue weighted by molar-refractivity contribution is 7.13. The Kier molecular flexibility index (Phi) is 3.81. The molecule has 2 rings (SSSR count). The first-order chi connectivity index (χ1) is 9.29. The minimum Gasteiger partial charge on any atom is -0.481 e. The molecule has 2 aromatic rings. The van der Waals surface area contributed by atoms with Crippen LogP contribution in [0.2, 0.25) is 0 Å². The third-order valence-corrected chi connectivity index (χ3v) is 3.91. The van der Waals surface area contributed by atoms with Crippen LogP contribution in [0, 0.1) is 13.8 Å². The van der Waals surface area contributed by atoms with E-state index in [0.717, 1.165) is 5.69 Å². The van der Waals surface area contributed by atoms with Crippen LogP contribution in [0.1, 0.15) is 30.7 Å². The summed E-state index contributed by atoms with van der Waals surface area (Å²) in [6, 6.07) is 6.18. The van der Waals surface area contributed by atoms with E-state index in [0.29, 0.717) is 10.8 Å². The minimum absolute atomic E-state index is 0.571. The number of carboxylic acids is 1. The van der Waals surface area contributed by atoms with Crippen molar-refractivity contribution >= 4 is 28.1 Å². The summed E-state index contributed by atoms with van der Waals surface area (Å²) < 4.78 is 0. The highest BCUT2D eigenvalue weighted by Gasteiger charge is 2.32. The Morgan fingerprint density at radius 2 is 1.85 bits per heavy atom. The maximum absolute atomic E-state index is 11.2. The number of nitrogens with one attached hydrogen (secondary N) is 1. The molecule has 0 amide bonds. The van der Waals surface area contributed by atoms with E-state index in [1.165, 1.54) is 22.5 Å². The Hall–Kier alpha value is -1.88. The van der Waals surface area contributed by atoms with Gasteiger partial charge in [-0.25, -0.2) is 4.98 Å². The fraction of sp³-hybridized carbons (Fsp3) is 0.333. The number of thiazole rings is 1. The summed E-state index contributed by atoms with van der Waals surface area (Å²) in [6.07, 6.45) is 0. The van der Waals surface area contributed by atoms with Gasteiger partial charge >= 0.3 is 5.97 Å². The summed E-state index contributed by atoms with van der Waals surface area (Å²) in [5.74, 6) is -0.874. The van der Waals surface area contributed by atoms with E-state index in [4.69, 9.17) is 0 Å². The van der Waals surface area contributed by atoms with Crippen molar-refractivity contribution in [2.24, 2.45) is 0 Å². The molecule has 0 radical (unpaired) electrons. The number of aliphatic carboxylic acids is 1. The van der Waals surface area contributed by atoms with Crippen molar-refractivity contribution in [3.63, 3.8) is 0 Å². The first kappa shape index (κ1) is 14.5. The predicted octanol–water partition coefficient (Wildman–Crippen LogP) is 3.87. The zero-order chi connectivity index (χ0) is 14.9. The number of rotatable bonds is 4. The van der Waals surface area contributed by atoms with E-state index in [1.54, 1.807) is 19.2 Å². The Morgan fingerprint density at radius 1 is 1.25 bits per heavy atom. The highest BCUT2D eigenvalue weighted by atomic mass is 32.1. The molecule has 106 valence electrons. The van der Waals surface area contributed by atoms with Crippen molar-refractivity contribution in [2.75, 3.05) is 5.32 Å². The molecule has 2 N–H and O–H groups in total. The van der Waals surface area contributed by atoms with Gasteiger partial charge in [0.2, 0.25) is 0 Å². The van der Waals surface area contributed by atoms with E-state index in [2.05, 4.69) is 16.4 Å². The zero-order valence-corrected chi connectivity index (χ0v) is 12.8. The van der Waals surface area contributed by atoms with E-state index in [-0.39, 0.29) is 0 Å². The van der Waals surface area contributed by atoms with Crippen LogP contribution in [-0.2, 0) is 10.2 Å². The molecule has 20 heavy (non-hydrogen) atoms. The SMILES string of the molecule is Cc1cc(C)cc(Nc2nc(C(C)(C)C(=O)O)cs2)c1. The molecule has 0 atom stereocenters. The minimum atomic E-state index is -0.973. The highest BCUT2D eigenvalue weighted by Crippen LogP contribution is 2.29. The number of carboxylic acid groups (broad SMARTS) is 1. The number of nitrogens with zero attached hydrogens (tertiary/aromatic N) is 1. The normalized spacial score (nSPS) is 11.4. The van der Waals surface area contributed by atoms with Gasteiger partial charge in [-0.1, -0.05) is 6.07 Å². The second kappa shape index (κ2) is 5.25. The second-order valence-electron chi connectivity index (χ2n) is 5.47. The molecule has 0 bridgehead atoms. The van der Waals surface area contributed by atoms with E-state index >= 15 is 0 Å². The third-order valence-electron chi connectivity index (χ3n) is 3.15. The largest absolute Gasteiger partial charge is 0.481 e. The fourth-order valence-corrected chi connectivity index (χ4v) is 2.80. The molecule has 1 aromatic heterocycles. The van der Waals surface area contributed by atoms with Crippen molar-refractivity contribution in [3.05, 3.63) is 40.4 Å². The van der Waals surface area contributed by atoms with Gasteiger partial charge in [0.15, 0.2) is 5.13 Å². The van der Waals surface area contributed by atoms with Crippen LogP contribution in [0.25, 0.3) is 0 Å². The molecule has 1 heterocycles. The van der Waals surface area contributed by atoms with Gasteiger partial charge < -0.3 is 10.4 Å². The van der Waals surface area contributed by atoms with Gasteiger partial charge in [-0.05, 0) is 51.0 Å². The Bertz CT molecular complexity index is 627. The smallest absolute Gasteiger partial charge is 0.315 e. The topological polar surface area (TPSA) is 62.2 Å². The quantitative estimate of drug-likeness (QED) is 0.897. The van der Waals surface area contributed by atoms with Gasteiger partial charge in [0.25, 0.3) is 0 Å². The first-order valence-corrected chi connectivity index (χ1v) is 7.22. The summed E-state index contributed by atoms with van der Waals surface area (Å²) >= 11 is 1.41. The lowest BCUT2D eigenvalue weighted by atomic mass is 9.90. The van der Waals surface area contributed by atoms with Gasteiger partial charge in [0, 0.05) is 11.1 Å². The van der Waals surface area contributed by atoms with Crippen LogP contribution in [0.3, 0.4) is 0 Å². The van der Waals surface area contributed by atoms with Crippen molar-refractivity contribution in [2.45, 2.75) is 33.1 Å². The molecular weight excluding hydrogens is 272 g/mol. The van der Waals surface area contributed by atoms with E-state index in [9.17, 15) is 9.90 Å². The molecule has 0 aliphatic rings. The third kappa shape index (κ3) is 2.99. The molecular formula is C15H18N2O2S. The zero-order valence-electron chi connectivity index (χ0n) is 12.0. The monoisotopic (exact) mass is 290 g/mol. The Labute approximate surface area is 122 Å². The van der Waals surface area contributed by atoms with Crippen LogP contribution in [-0.4, -0.2) is 16.1 Å². The molecule has 0 unspecified atom stereocenters. The van der Waals surface area contributed by atoms with Crippen molar-refractivity contribution in [1.29, 1.82) is 0 Å². The van der Waals surface area contributed by atoms with Crippen LogP contribution < -0.4 is 5.32 Å². The van der Waals surface area contributed by atoms with Gasteiger partial charge in [0.05, 0.1) is 5.69 Å². The fourth-order valence-electron chi connectivity index (χ4n) is 1.90. The molecule has 5 heteroatoms. The first-order valence-electron chi connectivity index (χ1n) is 6.34.